The fraction of sp³-hybridized carbons (Fsp3) is 0.200. The van der Waals surface area contributed by atoms with Gasteiger partial charge in [-0.3, -0.25) is 4.79 Å². The molecule has 0 saturated heterocycles. The molecule has 6 heteroatoms. The van der Waals surface area contributed by atoms with Crippen molar-refractivity contribution in [3.05, 3.63) is 54.1 Å². The fourth-order valence-corrected chi connectivity index (χ4v) is 3.59. The van der Waals surface area contributed by atoms with Crippen molar-refractivity contribution in [2.75, 3.05) is 24.3 Å². The highest BCUT2D eigenvalue weighted by Gasteiger charge is 2.13. The minimum absolute atomic E-state index is 0.0824. The molecule has 0 fully saturated rings. The summed E-state index contributed by atoms with van der Waals surface area (Å²) in [5, 5.41) is 4.88. The van der Waals surface area contributed by atoms with Crippen LogP contribution in [0.3, 0.4) is 0 Å². The second kappa shape index (κ2) is 7.25. The van der Waals surface area contributed by atoms with E-state index in [9.17, 15) is 4.79 Å². The molecule has 4 rings (SSSR count). The lowest BCUT2D eigenvalue weighted by molar-refractivity contribution is -0.113. The van der Waals surface area contributed by atoms with E-state index in [-0.39, 0.29) is 5.91 Å². The normalized spacial score (nSPS) is 12.8. The maximum atomic E-state index is 12.3. The number of hydrogen-bond donors (Lipinski definition) is 1. The first-order valence-corrected chi connectivity index (χ1v) is 9.36. The number of amides is 1. The van der Waals surface area contributed by atoms with E-state index < -0.39 is 0 Å². The van der Waals surface area contributed by atoms with Crippen LogP contribution in [0.4, 0.5) is 5.69 Å². The van der Waals surface area contributed by atoms with E-state index in [1.165, 1.54) is 11.8 Å². The molecule has 0 spiro atoms. The molecule has 0 atom stereocenters. The van der Waals surface area contributed by atoms with Crippen molar-refractivity contribution in [3.8, 4) is 11.5 Å². The molecule has 0 saturated carbocycles. The fourth-order valence-electron chi connectivity index (χ4n) is 2.80. The molecule has 0 unspecified atom stereocenters. The largest absolute Gasteiger partial charge is 0.486 e. The quantitative estimate of drug-likeness (QED) is 0.706. The smallest absolute Gasteiger partial charge is 0.234 e. The number of benzene rings is 2. The monoisotopic (exact) mass is 366 g/mol. The second-order valence-electron chi connectivity index (χ2n) is 6.00. The first kappa shape index (κ1) is 16.7. The molecule has 0 radical (unpaired) electrons. The molecule has 0 bridgehead atoms. The first-order chi connectivity index (χ1) is 12.7. The zero-order valence-electron chi connectivity index (χ0n) is 14.3. The topological polar surface area (TPSA) is 60.5 Å². The number of anilines is 1. The number of hydrogen-bond acceptors (Lipinski definition) is 5. The summed E-state index contributed by atoms with van der Waals surface area (Å²) in [6.07, 6.45) is 0. The lowest BCUT2D eigenvalue weighted by Gasteiger charge is -2.19. The molecule has 1 aromatic heterocycles. The van der Waals surface area contributed by atoms with Gasteiger partial charge in [0.1, 0.15) is 18.2 Å². The van der Waals surface area contributed by atoms with Gasteiger partial charge in [0.15, 0.2) is 11.5 Å². The SMILES string of the molecule is Cc1cc2ccccc2nc1SCC(=O)Nc1ccc2c(c1)OCCO2. The Balaban J connectivity index is 1.42. The van der Waals surface area contributed by atoms with Gasteiger partial charge in [-0.15, -0.1) is 0 Å². The third-order valence-electron chi connectivity index (χ3n) is 4.03. The van der Waals surface area contributed by atoms with Crippen molar-refractivity contribution in [1.82, 2.24) is 4.98 Å². The van der Waals surface area contributed by atoms with Gasteiger partial charge in [0.05, 0.1) is 11.3 Å². The molecule has 3 aromatic rings. The molecule has 1 aliphatic rings. The van der Waals surface area contributed by atoms with Crippen molar-refractivity contribution in [2.45, 2.75) is 11.9 Å². The molecule has 5 nitrogen and oxygen atoms in total. The maximum absolute atomic E-state index is 12.3. The average Bonchev–Trinajstić information content (AvgIpc) is 2.66. The van der Waals surface area contributed by atoms with E-state index in [0.717, 1.165) is 21.5 Å². The third kappa shape index (κ3) is 3.60. The number of aromatic nitrogens is 1. The van der Waals surface area contributed by atoms with E-state index in [1.807, 2.05) is 43.3 Å². The number of aryl methyl sites for hydroxylation is 1. The Morgan fingerprint density at radius 1 is 1.12 bits per heavy atom. The van der Waals surface area contributed by atoms with Crippen LogP contribution in [0.15, 0.2) is 53.6 Å². The Kier molecular flexibility index (Phi) is 4.67. The van der Waals surface area contributed by atoms with Crippen LogP contribution >= 0.6 is 11.8 Å². The van der Waals surface area contributed by atoms with E-state index >= 15 is 0 Å². The Labute approximate surface area is 155 Å². The predicted molar refractivity (Wildman–Crippen MR) is 103 cm³/mol. The van der Waals surface area contributed by atoms with Crippen LogP contribution in [0.2, 0.25) is 0 Å². The van der Waals surface area contributed by atoms with Crippen LogP contribution in [0.5, 0.6) is 11.5 Å². The third-order valence-corrected chi connectivity index (χ3v) is 5.13. The van der Waals surface area contributed by atoms with Crippen LogP contribution in [-0.4, -0.2) is 29.9 Å². The Morgan fingerprint density at radius 2 is 1.92 bits per heavy atom. The van der Waals surface area contributed by atoms with Crippen molar-refractivity contribution < 1.29 is 14.3 Å². The van der Waals surface area contributed by atoms with Crippen LogP contribution in [0, 0.1) is 6.92 Å². The highest BCUT2D eigenvalue weighted by atomic mass is 32.2. The summed E-state index contributed by atoms with van der Waals surface area (Å²) >= 11 is 1.44. The lowest BCUT2D eigenvalue weighted by atomic mass is 10.2. The van der Waals surface area contributed by atoms with Gasteiger partial charge >= 0.3 is 0 Å². The summed E-state index contributed by atoms with van der Waals surface area (Å²) in [4.78, 5) is 17.0. The number of para-hydroxylation sites is 1. The van der Waals surface area contributed by atoms with Crippen molar-refractivity contribution >= 4 is 34.3 Å². The van der Waals surface area contributed by atoms with Gasteiger partial charge in [0.25, 0.3) is 0 Å². The number of thioether (sulfide) groups is 1. The van der Waals surface area contributed by atoms with Crippen LogP contribution < -0.4 is 14.8 Å². The first-order valence-electron chi connectivity index (χ1n) is 8.38. The molecular weight excluding hydrogens is 348 g/mol. The minimum atomic E-state index is -0.0824. The van der Waals surface area contributed by atoms with E-state index in [0.29, 0.717) is 36.2 Å². The van der Waals surface area contributed by atoms with Gasteiger partial charge in [-0.1, -0.05) is 30.0 Å². The summed E-state index contributed by atoms with van der Waals surface area (Å²) in [6.45, 7) is 3.08. The molecule has 2 heterocycles. The molecular formula is C20H18N2O3S. The Morgan fingerprint density at radius 3 is 2.81 bits per heavy atom. The van der Waals surface area contributed by atoms with Crippen LogP contribution in [0.1, 0.15) is 5.56 Å². The molecule has 132 valence electrons. The summed E-state index contributed by atoms with van der Waals surface area (Å²) < 4.78 is 11.0. The summed E-state index contributed by atoms with van der Waals surface area (Å²) in [7, 11) is 0. The predicted octanol–water partition coefficient (Wildman–Crippen LogP) is 4.05. The highest BCUT2D eigenvalue weighted by Crippen LogP contribution is 2.32. The molecule has 1 amide bonds. The van der Waals surface area contributed by atoms with Crippen LogP contribution in [0.25, 0.3) is 10.9 Å². The average molecular weight is 366 g/mol. The van der Waals surface area contributed by atoms with E-state index in [1.54, 1.807) is 6.07 Å². The Bertz CT molecular complexity index is 974. The summed E-state index contributed by atoms with van der Waals surface area (Å²) in [5.74, 6) is 1.58. The highest BCUT2D eigenvalue weighted by molar-refractivity contribution is 8.00. The molecule has 0 aliphatic carbocycles. The number of rotatable bonds is 4. The number of ether oxygens (including phenoxy) is 2. The van der Waals surface area contributed by atoms with Gasteiger partial charge in [-0.25, -0.2) is 4.98 Å². The molecule has 1 aliphatic heterocycles. The van der Waals surface area contributed by atoms with Gasteiger partial charge < -0.3 is 14.8 Å². The Hall–Kier alpha value is -2.73. The summed E-state index contributed by atoms with van der Waals surface area (Å²) in [6, 6.07) is 15.5. The molecule has 2 aromatic carbocycles. The summed E-state index contributed by atoms with van der Waals surface area (Å²) in [5.41, 5.74) is 2.71. The number of nitrogens with one attached hydrogen (secondary N) is 1. The van der Waals surface area contributed by atoms with Gasteiger partial charge in [-0.2, -0.15) is 0 Å². The van der Waals surface area contributed by atoms with Crippen molar-refractivity contribution in [2.24, 2.45) is 0 Å². The molecule has 1 N–H and O–H groups in total. The zero-order valence-corrected chi connectivity index (χ0v) is 15.1. The van der Waals surface area contributed by atoms with Crippen molar-refractivity contribution in [1.29, 1.82) is 0 Å². The molecule has 26 heavy (non-hydrogen) atoms. The lowest BCUT2D eigenvalue weighted by Crippen LogP contribution is -2.17. The van der Waals surface area contributed by atoms with Crippen molar-refractivity contribution in [3.63, 3.8) is 0 Å². The number of nitrogens with zero attached hydrogens (tertiary/aromatic N) is 1. The standard InChI is InChI=1S/C20H18N2O3S/c1-13-10-14-4-2-3-5-16(14)22-20(13)26-12-19(23)21-15-6-7-17-18(11-15)25-9-8-24-17/h2-7,10-11H,8-9,12H2,1H3,(H,21,23). The van der Waals surface area contributed by atoms with E-state index in [4.69, 9.17) is 9.47 Å². The van der Waals surface area contributed by atoms with E-state index in [2.05, 4.69) is 16.4 Å². The maximum Gasteiger partial charge on any atom is 0.234 e. The second-order valence-corrected chi connectivity index (χ2v) is 6.96. The number of fused-ring (bicyclic) bond motifs is 2. The van der Waals surface area contributed by atoms with Crippen LogP contribution in [-0.2, 0) is 4.79 Å². The van der Waals surface area contributed by atoms with Gasteiger partial charge in [0, 0.05) is 17.1 Å². The number of carbonyl (C=O) groups is 1. The zero-order chi connectivity index (χ0) is 17.9. The number of pyridine rings is 1. The number of carbonyl (C=O) groups excluding carboxylic acids is 1. The van der Waals surface area contributed by atoms with Gasteiger partial charge in [0.2, 0.25) is 5.91 Å². The minimum Gasteiger partial charge on any atom is -0.486 e. The van der Waals surface area contributed by atoms with Gasteiger partial charge in [-0.05, 0) is 36.8 Å².